The van der Waals surface area contributed by atoms with Gasteiger partial charge in [-0.25, -0.2) is 9.37 Å². The second kappa shape index (κ2) is 7.48. The van der Waals surface area contributed by atoms with Crippen LogP contribution in [0.15, 0.2) is 27.5 Å². The lowest BCUT2D eigenvalue weighted by Crippen LogP contribution is -2.36. The van der Waals surface area contributed by atoms with E-state index in [1.165, 1.54) is 0 Å². The molecule has 9 heteroatoms. The van der Waals surface area contributed by atoms with E-state index in [4.69, 9.17) is 4.52 Å². The first-order chi connectivity index (χ1) is 14.0. The minimum atomic E-state index is -0.890. The predicted octanol–water partition coefficient (Wildman–Crippen LogP) is 1.87. The molecule has 0 saturated carbocycles. The lowest BCUT2D eigenvalue weighted by atomic mass is 10.0. The van der Waals surface area contributed by atoms with Crippen LogP contribution in [0.2, 0.25) is 0 Å². The van der Waals surface area contributed by atoms with Crippen LogP contribution in [0.25, 0.3) is 11.3 Å². The molecule has 0 spiro atoms. The molecule has 0 atom stereocenters. The van der Waals surface area contributed by atoms with Gasteiger partial charge in [0.2, 0.25) is 0 Å². The van der Waals surface area contributed by atoms with Crippen LogP contribution >= 0.6 is 0 Å². The molecule has 0 unspecified atom stereocenters. The van der Waals surface area contributed by atoms with Gasteiger partial charge in [-0.15, -0.1) is 0 Å². The molecule has 0 aliphatic carbocycles. The largest absolute Gasteiger partial charge is 0.505 e. The van der Waals surface area contributed by atoms with Crippen molar-refractivity contribution in [2.75, 3.05) is 6.54 Å². The summed E-state index contributed by atoms with van der Waals surface area (Å²) in [6, 6.07) is 5.50. The second-order valence-electron chi connectivity index (χ2n) is 6.77. The highest BCUT2D eigenvalue weighted by molar-refractivity contribution is 5.68. The van der Waals surface area contributed by atoms with Gasteiger partial charge in [0.05, 0.1) is 17.8 Å². The van der Waals surface area contributed by atoms with Gasteiger partial charge in [-0.1, -0.05) is 12.1 Å². The van der Waals surface area contributed by atoms with E-state index in [1.807, 2.05) is 13.0 Å². The molecule has 0 amide bonds. The van der Waals surface area contributed by atoms with Crippen molar-refractivity contribution in [3.8, 4) is 23.1 Å². The molecule has 2 aromatic heterocycles. The van der Waals surface area contributed by atoms with E-state index < -0.39 is 11.6 Å². The number of benzene rings is 1. The van der Waals surface area contributed by atoms with Crippen molar-refractivity contribution in [1.82, 2.24) is 20.0 Å². The molecule has 148 valence electrons. The quantitative estimate of drug-likeness (QED) is 0.692. The second-order valence-corrected chi connectivity index (χ2v) is 6.77. The zero-order valence-electron chi connectivity index (χ0n) is 15.7. The Morgan fingerprint density at radius 2 is 2.24 bits per heavy atom. The van der Waals surface area contributed by atoms with E-state index in [2.05, 4.69) is 15.5 Å². The van der Waals surface area contributed by atoms with Crippen LogP contribution in [0.1, 0.15) is 35.3 Å². The number of aromatic nitrogens is 3. The first kappa shape index (κ1) is 18.8. The van der Waals surface area contributed by atoms with E-state index in [-0.39, 0.29) is 29.0 Å². The minimum Gasteiger partial charge on any atom is -0.505 e. The Hall–Kier alpha value is -3.51. The Kier molecular flexibility index (Phi) is 4.86. The van der Waals surface area contributed by atoms with Crippen molar-refractivity contribution in [1.29, 1.82) is 5.26 Å². The predicted molar refractivity (Wildman–Crippen MR) is 101 cm³/mol. The van der Waals surface area contributed by atoms with E-state index in [0.29, 0.717) is 36.5 Å². The zero-order chi connectivity index (χ0) is 20.5. The molecule has 0 saturated heterocycles. The van der Waals surface area contributed by atoms with Gasteiger partial charge >= 0.3 is 0 Å². The molecule has 0 radical (unpaired) electrons. The monoisotopic (exact) mass is 395 g/mol. The lowest BCUT2D eigenvalue weighted by molar-refractivity contribution is 0.416. The number of aromatic hydroxyl groups is 1. The number of nitriles is 1. The number of hydrogen-bond acceptors (Lipinski definition) is 7. The summed E-state index contributed by atoms with van der Waals surface area (Å²) in [4.78, 5) is 17.6. The van der Waals surface area contributed by atoms with E-state index in [9.17, 15) is 19.6 Å². The van der Waals surface area contributed by atoms with Crippen molar-refractivity contribution in [3.05, 3.63) is 62.7 Å². The molecule has 8 nitrogen and oxygen atoms in total. The highest BCUT2D eigenvalue weighted by atomic mass is 19.1. The number of phenolic OH excluding ortho intramolecular Hbond substituents is 1. The molecule has 0 fully saturated rings. The van der Waals surface area contributed by atoms with Crippen LogP contribution in [0.4, 0.5) is 4.39 Å². The first-order valence-electron chi connectivity index (χ1n) is 9.22. The lowest BCUT2D eigenvalue weighted by Gasteiger charge is -2.19. The number of halogens is 1. The van der Waals surface area contributed by atoms with Gasteiger partial charge in [0.25, 0.3) is 5.56 Å². The highest BCUT2D eigenvalue weighted by Crippen LogP contribution is 2.30. The van der Waals surface area contributed by atoms with Gasteiger partial charge in [0.1, 0.15) is 17.6 Å². The molecule has 2 N–H and O–H groups in total. The van der Waals surface area contributed by atoms with Crippen molar-refractivity contribution < 1.29 is 14.0 Å². The van der Waals surface area contributed by atoms with Crippen LogP contribution in [-0.2, 0) is 25.9 Å². The number of aryl methyl sites for hydroxylation is 1. The third-order valence-corrected chi connectivity index (χ3v) is 4.94. The standard InChI is InChI=1S/C20H18FN5O3/c1-2-19-24-16-9-23-4-3-13(16)20(28)26(19)10-12-6-18(29-25-12)14-7-17(27)15(21)5-11(14)8-22/h5-7,23,27H,2-4,9-10H2,1H3. The summed E-state index contributed by atoms with van der Waals surface area (Å²) >= 11 is 0. The fraction of sp³-hybridized carbons (Fsp3) is 0.300. The average molecular weight is 395 g/mol. The van der Waals surface area contributed by atoms with Gasteiger partial charge in [-0.05, 0) is 25.1 Å². The Balaban J connectivity index is 1.72. The molecule has 1 aliphatic rings. The molecule has 1 aromatic carbocycles. The molecule has 4 rings (SSSR count). The number of fused-ring (bicyclic) bond motifs is 1. The van der Waals surface area contributed by atoms with Crippen LogP contribution in [0, 0.1) is 17.1 Å². The summed E-state index contributed by atoms with van der Waals surface area (Å²) in [5, 5.41) is 26.1. The third kappa shape index (κ3) is 3.39. The summed E-state index contributed by atoms with van der Waals surface area (Å²) in [6.45, 7) is 3.40. The van der Waals surface area contributed by atoms with Crippen LogP contribution in [0.5, 0.6) is 5.75 Å². The topological polar surface area (TPSA) is 117 Å². The molecule has 1 aliphatic heterocycles. The summed E-state index contributed by atoms with van der Waals surface area (Å²) in [5.41, 5.74) is 2.10. The van der Waals surface area contributed by atoms with E-state index >= 15 is 0 Å². The maximum atomic E-state index is 13.5. The zero-order valence-corrected chi connectivity index (χ0v) is 15.7. The minimum absolute atomic E-state index is 0.0114. The van der Waals surface area contributed by atoms with Gasteiger partial charge < -0.3 is 14.9 Å². The van der Waals surface area contributed by atoms with Gasteiger partial charge in [-0.3, -0.25) is 9.36 Å². The SMILES string of the molecule is CCc1nc2c(c(=O)n1Cc1cc(-c3cc(O)c(F)cc3C#N)on1)CCNC2. The Morgan fingerprint density at radius 3 is 3.00 bits per heavy atom. The Labute approximate surface area is 165 Å². The van der Waals surface area contributed by atoms with Crippen molar-refractivity contribution in [2.45, 2.75) is 32.9 Å². The van der Waals surface area contributed by atoms with Gasteiger partial charge in [0, 0.05) is 30.2 Å². The highest BCUT2D eigenvalue weighted by Gasteiger charge is 2.20. The Morgan fingerprint density at radius 1 is 1.41 bits per heavy atom. The summed E-state index contributed by atoms with van der Waals surface area (Å²) in [6.07, 6.45) is 1.20. The van der Waals surface area contributed by atoms with Crippen molar-refractivity contribution in [2.24, 2.45) is 0 Å². The van der Waals surface area contributed by atoms with E-state index in [1.54, 1.807) is 10.6 Å². The molecule has 0 bridgehead atoms. The third-order valence-electron chi connectivity index (χ3n) is 4.94. The summed E-state index contributed by atoms with van der Waals surface area (Å²) < 4.78 is 20.4. The van der Waals surface area contributed by atoms with Crippen molar-refractivity contribution in [3.63, 3.8) is 0 Å². The smallest absolute Gasteiger partial charge is 0.257 e. The molecular formula is C20H18FN5O3. The number of nitrogens with zero attached hydrogens (tertiary/aromatic N) is 4. The normalized spacial score (nSPS) is 13.1. The maximum Gasteiger partial charge on any atom is 0.257 e. The van der Waals surface area contributed by atoms with E-state index in [0.717, 1.165) is 24.4 Å². The van der Waals surface area contributed by atoms with Gasteiger partial charge in [-0.2, -0.15) is 5.26 Å². The number of nitrogens with one attached hydrogen (secondary N) is 1. The summed E-state index contributed by atoms with van der Waals surface area (Å²) in [7, 11) is 0. The fourth-order valence-corrected chi connectivity index (χ4v) is 3.47. The maximum absolute atomic E-state index is 13.5. The van der Waals surface area contributed by atoms with Crippen LogP contribution in [-0.4, -0.2) is 26.4 Å². The van der Waals surface area contributed by atoms with Crippen LogP contribution in [0.3, 0.4) is 0 Å². The average Bonchev–Trinajstić information content (AvgIpc) is 3.20. The van der Waals surface area contributed by atoms with Crippen molar-refractivity contribution >= 4 is 0 Å². The van der Waals surface area contributed by atoms with Crippen LogP contribution < -0.4 is 10.9 Å². The molecule has 29 heavy (non-hydrogen) atoms. The molecular weight excluding hydrogens is 377 g/mol. The molecule has 3 aromatic rings. The van der Waals surface area contributed by atoms with Gasteiger partial charge in [0.15, 0.2) is 17.3 Å². The number of rotatable bonds is 4. The fourth-order valence-electron chi connectivity index (χ4n) is 3.47. The number of hydrogen-bond donors (Lipinski definition) is 2. The first-order valence-corrected chi connectivity index (χ1v) is 9.22. The number of phenols is 1. The molecule has 3 heterocycles. The Bertz CT molecular complexity index is 1190. The summed E-state index contributed by atoms with van der Waals surface area (Å²) in [5.74, 6) is -0.625.